The van der Waals surface area contributed by atoms with E-state index < -0.39 is 11.5 Å². The zero-order valence-corrected chi connectivity index (χ0v) is 25.5. The van der Waals surface area contributed by atoms with E-state index >= 15 is 0 Å². The molecule has 2 aliphatic carbocycles. The highest BCUT2D eigenvalue weighted by Gasteiger charge is 2.56. The Morgan fingerprint density at radius 3 is 2.43 bits per heavy atom. The van der Waals surface area contributed by atoms with Gasteiger partial charge in [0.05, 0.1) is 21.8 Å². The molecule has 0 radical (unpaired) electrons. The zero-order valence-electron chi connectivity index (χ0n) is 24.8. The Morgan fingerprint density at radius 1 is 1.02 bits per heavy atom. The molecular formula is C35H40ClN3O3. The van der Waals surface area contributed by atoms with Crippen LogP contribution in [0.4, 0.5) is 5.69 Å². The molecule has 0 heterocycles. The number of halogens is 1. The SMILES string of the molecule is CC(C)c1ccc2c(c1)/C(=N\O)C[C@H]1[C@](C)(C(=O)N[C@H](Cc3ccccc3)C(=O)Nc3ccccc3Cl)CCC[C@]21C. The average Bonchev–Trinajstić information content (AvgIpc) is 2.98. The molecule has 0 aliphatic heterocycles. The number of rotatable bonds is 7. The fraction of sp³-hybridized carbons (Fsp3) is 0.400. The maximum absolute atomic E-state index is 14.4. The predicted molar refractivity (Wildman–Crippen MR) is 168 cm³/mol. The molecule has 0 aromatic heterocycles. The molecule has 3 aromatic carbocycles. The minimum Gasteiger partial charge on any atom is -0.411 e. The van der Waals surface area contributed by atoms with Crippen LogP contribution in [-0.4, -0.2) is 28.8 Å². The molecule has 3 aromatic rings. The summed E-state index contributed by atoms with van der Waals surface area (Å²) >= 11 is 6.34. The molecule has 4 atom stereocenters. The summed E-state index contributed by atoms with van der Waals surface area (Å²) in [5.41, 5.74) is 4.31. The predicted octanol–water partition coefficient (Wildman–Crippen LogP) is 7.48. The third-order valence-electron chi connectivity index (χ3n) is 9.64. The van der Waals surface area contributed by atoms with Crippen molar-refractivity contribution in [1.29, 1.82) is 0 Å². The van der Waals surface area contributed by atoms with Gasteiger partial charge in [0.1, 0.15) is 6.04 Å². The molecule has 7 heteroatoms. The molecule has 0 unspecified atom stereocenters. The summed E-state index contributed by atoms with van der Waals surface area (Å²) in [6, 6.07) is 22.4. The highest BCUT2D eigenvalue weighted by molar-refractivity contribution is 6.33. The summed E-state index contributed by atoms with van der Waals surface area (Å²) < 4.78 is 0. The molecule has 42 heavy (non-hydrogen) atoms. The van der Waals surface area contributed by atoms with Gasteiger partial charge in [0.2, 0.25) is 11.8 Å². The van der Waals surface area contributed by atoms with Crippen LogP contribution in [0.5, 0.6) is 0 Å². The Kier molecular flexibility index (Phi) is 8.47. The lowest BCUT2D eigenvalue weighted by atomic mass is 9.49. The molecule has 1 fully saturated rings. The summed E-state index contributed by atoms with van der Waals surface area (Å²) in [5.74, 6) is -0.240. The van der Waals surface area contributed by atoms with Crippen molar-refractivity contribution < 1.29 is 14.8 Å². The third-order valence-corrected chi connectivity index (χ3v) is 9.97. The monoisotopic (exact) mass is 585 g/mol. The Balaban J connectivity index is 1.47. The third kappa shape index (κ3) is 5.57. The summed E-state index contributed by atoms with van der Waals surface area (Å²) in [6.07, 6.45) is 3.32. The number of para-hydroxylation sites is 1. The minimum absolute atomic E-state index is 0.106. The van der Waals surface area contributed by atoms with E-state index in [1.165, 1.54) is 5.56 Å². The second-order valence-electron chi connectivity index (χ2n) is 12.6. The summed E-state index contributed by atoms with van der Waals surface area (Å²) in [4.78, 5) is 28.0. The lowest BCUT2D eigenvalue weighted by Gasteiger charge is -2.54. The van der Waals surface area contributed by atoms with Gasteiger partial charge in [0.15, 0.2) is 0 Å². The first-order valence-electron chi connectivity index (χ1n) is 14.8. The maximum atomic E-state index is 14.4. The average molecular weight is 586 g/mol. The molecule has 5 rings (SSSR count). The molecule has 2 aliphatic rings. The normalized spacial score (nSPS) is 24.9. The van der Waals surface area contributed by atoms with Crippen LogP contribution in [0.1, 0.15) is 81.5 Å². The van der Waals surface area contributed by atoms with Crippen LogP contribution in [0.2, 0.25) is 5.02 Å². The van der Waals surface area contributed by atoms with Gasteiger partial charge in [-0.15, -0.1) is 0 Å². The van der Waals surface area contributed by atoms with E-state index in [9.17, 15) is 14.8 Å². The molecule has 3 N–H and O–H groups in total. The molecule has 6 nitrogen and oxygen atoms in total. The quantitative estimate of drug-likeness (QED) is 0.198. The van der Waals surface area contributed by atoms with Crippen molar-refractivity contribution in [2.75, 3.05) is 5.32 Å². The van der Waals surface area contributed by atoms with Crippen LogP contribution in [0, 0.1) is 11.3 Å². The summed E-state index contributed by atoms with van der Waals surface area (Å²) in [5, 5.41) is 20.4. The molecule has 0 spiro atoms. The van der Waals surface area contributed by atoms with Crippen LogP contribution in [0.25, 0.3) is 0 Å². The highest BCUT2D eigenvalue weighted by atomic mass is 35.5. The van der Waals surface area contributed by atoms with E-state index in [2.05, 4.69) is 54.8 Å². The van der Waals surface area contributed by atoms with Gasteiger partial charge < -0.3 is 15.8 Å². The Hall–Kier alpha value is -3.64. The molecule has 2 amide bonds. The molecule has 0 bridgehead atoms. The maximum Gasteiger partial charge on any atom is 0.247 e. The highest BCUT2D eigenvalue weighted by Crippen LogP contribution is 2.57. The number of hydrogen-bond donors (Lipinski definition) is 3. The number of amides is 2. The number of nitrogens with one attached hydrogen (secondary N) is 2. The largest absolute Gasteiger partial charge is 0.411 e. The fourth-order valence-corrected chi connectivity index (χ4v) is 7.32. The van der Waals surface area contributed by atoms with E-state index in [0.717, 1.165) is 29.5 Å². The number of carbonyl (C=O) groups excluding carboxylic acids is 2. The number of oxime groups is 1. The number of benzene rings is 3. The van der Waals surface area contributed by atoms with Crippen molar-refractivity contribution in [1.82, 2.24) is 5.32 Å². The topological polar surface area (TPSA) is 90.8 Å². The van der Waals surface area contributed by atoms with Crippen molar-refractivity contribution in [3.63, 3.8) is 0 Å². The van der Waals surface area contributed by atoms with E-state index in [-0.39, 0.29) is 23.1 Å². The van der Waals surface area contributed by atoms with Gasteiger partial charge in [-0.1, -0.05) is 105 Å². The van der Waals surface area contributed by atoms with Crippen molar-refractivity contribution in [3.8, 4) is 0 Å². The van der Waals surface area contributed by atoms with Gasteiger partial charge in [-0.05, 0) is 71.4 Å². The van der Waals surface area contributed by atoms with Gasteiger partial charge in [0, 0.05) is 12.0 Å². The van der Waals surface area contributed by atoms with Gasteiger partial charge in [-0.2, -0.15) is 0 Å². The smallest absolute Gasteiger partial charge is 0.247 e. The first-order valence-corrected chi connectivity index (χ1v) is 15.2. The van der Waals surface area contributed by atoms with Gasteiger partial charge in [0.25, 0.3) is 0 Å². The fourth-order valence-electron chi connectivity index (χ4n) is 7.14. The summed E-state index contributed by atoms with van der Waals surface area (Å²) in [7, 11) is 0. The van der Waals surface area contributed by atoms with Crippen molar-refractivity contribution in [2.45, 2.75) is 77.2 Å². The lowest BCUT2D eigenvalue weighted by molar-refractivity contribution is -0.140. The minimum atomic E-state index is -0.809. The van der Waals surface area contributed by atoms with Gasteiger partial charge in [-0.25, -0.2) is 0 Å². The lowest BCUT2D eigenvalue weighted by Crippen LogP contribution is -2.58. The number of carbonyl (C=O) groups is 2. The van der Waals surface area contributed by atoms with E-state index in [1.54, 1.807) is 18.2 Å². The molecule has 0 saturated heterocycles. The zero-order chi connectivity index (χ0) is 30.1. The van der Waals surface area contributed by atoms with Crippen LogP contribution >= 0.6 is 11.6 Å². The number of anilines is 1. The molecule has 220 valence electrons. The van der Waals surface area contributed by atoms with Crippen LogP contribution in [-0.2, 0) is 21.4 Å². The number of hydrogen-bond acceptors (Lipinski definition) is 4. The van der Waals surface area contributed by atoms with E-state index in [0.29, 0.717) is 41.6 Å². The Morgan fingerprint density at radius 2 is 1.74 bits per heavy atom. The van der Waals surface area contributed by atoms with E-state index in [4.69, 9.17) is 11.6 Å². The van der Waals surface area contributed by atoms with Crippen molar-refractivity contribution in [3.05, 3.63) is 100 Å². The Labute approximate surface area is 253 Å². The van der Waals surface area contributed by atoms with Gasteiger partial charge >= 0.3 is 0 Å². The van der Waals surface area contributed by atoms with Crippen molar-refractivity contribution in [2.24, 2.45) is 16.5 Å². The second kappa shape index (κ2) is 11.9. The van der Waals surface area contributed by atoms with Crippen LogP contribution in [0.15, 0.2) is 78.0 Å². The Bertz CT molecular complexity index is 1500. The second-order valence-corrected chi connectivity index (χ2v) is 13.0. The summed E-state index contributed by atoms with van der Waals surface area (Å²) in [6.45, 7) is 8.57. The molecule has 1 saturated carbocycles. The number of fused-ring (bicyclic) bond motifs is 3. The van der Waals surface area contributed by atoms with Gasteiger partial charge in [-0.3, -0.25) is 9.59 Å². The van der Waals surface area contributed by atoms with Crippen LogP contribution in [0.3, 0.4) is 0 Å². The number of nitrogens with zero attached hydrogens (tertiary/aromatic N) is 1. The molecular weight excluding hydrogens is 546 g/mol. The van der Waals surface area contributed by atoms with Crippen molar-refractivity contribution >= 4 is 34.8 Å². The first kappa shape index (κ1) is 29.8. The van der Waals surface area contributed by atoms with Crippen LogP contribution < -0.4 is 10.6 Å². The van der Waals surface area contributed by atoms with E-state index in [1.807, 2.05) is 43.3 Å². The standard InChI is InChI=1S/C35H40ClN3O3/c1-22(2)24-15-16-26-25(20-24)29(39-42)21-31-34(26,3)17-10-18-35(31,4)33(41)38-30(19-23-11-6-5-7-12-23)32(40)37-28-14-9-8-13-27(28)36/h5-9,11-16,20,22,30-31,42H,10,17-19,21H2,1-4H3,(H,37,40)(H,38,41)/b39-29-/t30-,31-,34-,35-/m1/s1. The first-order chi connectivity index (χ1) is 20.1.